The van der Waals surface area contributed by atoms with E-state index in [4.69, 9.17) is 9.16 Å². The van der Waals surface area contributed by atoms with Gasteiger partial charge in [0.15, 0.2) is 8.32 Å². The van der Waals surface area contributed by atoms with Crippen molar-refractivity contribution < 1.29 is 14.0 Å². The van der Waals surface area contributed by atoms with Crippen LogP contribution in [0.25, 0.3) is 0 Å². The first-order valence-corrected chi connectivity index (χ1v) is 10.2. The van der Waals surface area contributed by atoms with Crippen LogP contribution in [0.3, 0.4) is 0 Å². The molecule has 0 amide bonds. The van der Waals surface area contributed by atoms with Crippen molar-refractivity contribution in [3.8, 4) is 0 Å². The highest BCUT2D eigenvalue weighted by Gasteiger charge is 2.39. The van der Waals surface area contributed by atoms with Gasteiger partial charge in [0.05, 0.1) is 18.8 Å². The van der Waals surface area contributed by atoms with E-state index in [0.717, 1.165) is 12.0 Å². The van der Waals surface area contributed by atoms with E-state index in [9.17, 15) is 4.79 Å². The number of rotatable bonds is 5. The van der Waals surface area contributed by atoms with E-state index in [1.807, 2.05) is 6.07 Å². The number of carbonyl (C=O) groups excluding carboxylic acids is 1. The number of hydrogen-bond donors (Lipinski definition) is 0. The number of aromatic nitrogens is 1. The van der Waals surface area contributed by atoms with Gasteiger partial charge in [0, 0.05) is 12.4 Å². The largest absolute Gasteiger partial charge is 0.465 e. The molecule has 1 aromatic rings. The zero-order chi connectivity index (χ0) is 16.3. The number of esters is 1. The molecule has 0 fully saturated rings. The number of ether oxygens (including phenoxy) is 1. The van der Waals surface area contributed by atoms with E-state index in [1.165, 1.54) is 7.11 Å². The van der Waals surface area contributed by atoms with Gasteiger partial charge >= 0.3 is 5.97 Å². The fourth-order valence-corrected chi connectivity index (χ4v) is 3.22. The molecule has 118 valence electrons. The standard InChI is InChI=1S/C16H27NO3Si/c1-8-14(20-21(6,7)16(2,3)4)12-9-10-17-11-13(12)15(18)19-5/h9-11,14H,8H2,1-7H3/t14-/m0/s1. The highest BCUT2D eigenvalue weighted by molar-refractivity contribution is 6.74. The van der Waals surface area contributed by atoms with Crippen LogP contribution in [0.15, 0.2) is 18.5 Å². The highest BCUT2D eigenvalue weighted by Crippen LogP contribution is 2.40. The van der Waals surface area contributed by atoms with E-state index >= 15 is 0 Å². The molecule has 0 bridgehead atoms. The van der Waals surface area contributed by atoms with Gasteiger partial charge in [-0.25, -0.2) is 4.79 Å². The Balaban J connectivity index is 3.15. The van der Waals surface area contributed by atoms with Gasteiger partial charge in [-0.05, 0) is 36.2 Å². The second kappa shape index (κ2) is 6.71. The smallest absolute Gasteiger partial charge is 0.339 e. The van der Waals surface area contributed by atoms with Crippen LogP contribution in [0.5, 0.6) is 0 Å². The summed E-state index contributed by atoms with van der Waals surface area (Å²) in [6.45, 7) is 13.1. The third-order valence-corrected chi connectivity index (χ3v) is 8.71. The molecular weight excluding hydrogens is 282 g/mol. The van der Waals surface area contributed by atoms with Crippen molar-refractivity contribution in [2.24, 2.45) is 0 Å². The van der Waals surface area contributed by atoms with Gasteiger partial charge < -0.3 is 9.16 Å². The zero-order valence-corrected chi connectivity index (χ0v) is 15.2. The Bertz CT molecular complexity index is 495. The molecule has 0 saturated carbocycles. The van der Waals surface area contributed by atoms with Crippen LogP contribution >= 0.6 is 0 Å². The van der Waals surface area contributed by atoms with Crippen molar-refractivity contribution in [2.45, 2.75) is 58.4 Å². The van der Waals surface area contributed by atoms with Gasteiger partial charge in [0.25, 0.3) is 0 Å². The minimum absolute atomic E-state index is 0.108. The first kappa shape index (κ1) is 17.8. The summed E-state index contributed by atoms with van der Waals surface area (Å²) >= 11 is 0. The first-order chi connectivity index (χ1) is 9.64. The van der Waals surface area contributed by atoms with Gasteiger partial charge in [0.2, 0.25) is 0 Å². The van der Waals surface area contributed by atoms with Gasteiger partial charge in [-0.15, -0.1) is 0 Å². The molecule has 1 aromatic heterocycles. The summed E-state index contributed by atoms with van der Waals surface area (Å²) in [6.07, 6.45) is 3.95. The molecule has 0 saturated heterocycles. The van der Waals surface area contributed by atoms with Crippen molar-refractivity contribution >= 4 is 14.3 Å². The lowest BCUT2D eigenvalue weighted by molar-refractivity contribution is 0.0593. The molecule has 21 heavy (non-hydrogen) atoms. The maximum atomic E-state index is 11.9. The number of pyridine rings is 1. The molecular formula is C16H27NO3Si. The van der Waals surface area contributed by atoms with Crippen LogP contribution in [-0.4, -0.2) is 26.4 Å². The SMILES string of the molecule is CC[C@H](O[Si](C)(C)C(C)(C)C)c1ccncc1C(=O)OC. The Kier molecular flexibility index (Phi) is 5.70. The molecule has 0 aliphatic carbocycles. The second-order valence-corrected chi connectivity index (χ2v) is 11.5. The van der Waals surface area contributed by atoms with Crippen LogP contribution in [0, 0.1) is 0 Å². The molecule has 4 nitrogen and oxygen atoms in total. The fourth-order valence-electron chi connectivity index (χ4n) is 1.87. The Morgan fingerprint density at radius 3 is 2.48 bits per heavy atom. The summed E-state index contributed by atoms with van der Waals surface area (Å²) in [5, 5.41) is 0.124. The number of methoxy groups -OCH3 is 1. The van der Waals surface area contributed by atoms with Crippen molar-refractivity contribution in [3.05, 3.63) is 29.6 Å². The predicted molar refractivity (Wildman–Crippen MR) is 86.9 cm³/mol. The lowest BCUT2D eigenvalue weighted by atomic mass is 10.0. The molecule has 0 spiro atoms. The summed E-state index contributed by atoms with van der Waals surface area (Å²) in [4.78, 5) is 15.9. The summed E-state index contributed by atoms with van der Waals surface area (Å²) in [5.41, 5.74) is 1.36. The predicted octanol–water partition coefficient (Wildman–Crippen LogP) is 4.34. The molecule has 0 aromatic carbocycles. The van der Waals surface area contributed by atoms with E-state index in [2.05, 4.69) is 45.8 Å². The topological polar surface area (TPSA) is 48.4 Å². The van der Waals surface area contributed by atoms with Crippen molar-refractivity contribution in [1.29, 1.82) is 0 Å². The normalized spacial score (nSPS) is 13.9. The van der Waals surface area contributed by atoms with Gasteiger partial charge in [-0.2, -0.15) is 0 Å². The van der Waals surface area contributed by atoms with Gasteiger partial charge in [-0.3, -0.25) is 4.98 Å². The maximum Gasteiger partial charge on any atom is 0.339 e. The average Bonchev–Trinajstić information content (AvgIpc) is 2.42. The van der Waals surface area contributed by atoms with Crippen LogP contribution in [0.1, 0.15) is 56.1 Å². The summed E-state index contributed by atoms with van der Waals surface area (Å²) in [5.74, 6) is -0.365. The van der Waals surface area contributed by atoms with Crippen LogP contribution in [0.4, 0.5) is 0 Å². The second-order valence-electron chi connectivity index (χ2n) is 6.73. The lowest BCUT2D eigenvalue weighted by Gasteiger charge is -2.39. The third kappa shape index (κ3) is 4.14. The maximum absolute atomic E-state index is 11.9. The van der Waals surface area contributed by atoms with Crippen molar-refractivity contribution in [1.82, 2.24) is 4.98 Å². The fraction of sp³-hybridized carbons (Fsp3) is 0.625. The highest BCUT2D eigenvalue weighted by atomic mass is 28.4. The van der Waals surface area contributed by atoms with Crippen LogP contribution in [-0.2, 0) is 9.16 Å². The van der Waals surface area contributed by atoms with Crippen molar-refractivity contribution in [2.75, 3.05) is 7.11 Å². The molecule has 5 heteroatoms. The van der Waals surface area contributed by atoms with Crippen molar-refractivity contribution in [3.63, 3.8) is 0 Å². The minimum Gasteiger partial charge on any atom is -0.465 e. The number of hydrogen-bond acceptors (Lipinski definition) is 4. The monoisotopic (exact) mass is 309 g/mol. The summed E-state index contributed by atoms with van der Waals surface area (Å²) in [7, 11) is -0.528. The molecule has 1 rings (SSSR count). The third-order valence-electron chi connectivity index (χ3n) is 4.22. The van der Waals surface area contributed by atoms with E-state index in [1.54, 1.807) is 12.4 Å². The number of nitrogens with zero attached hydrogens (tertiary/aromatic N) is 1. The molecule has 0 N–H and O–H groups in total. The van der Waals surface area contributed by atoms with Crippen LogP contribution in [0.2, 0.25) is 18.1 Å². The number of carbonyl (C=O) groups is 1. The Morgan fingerprint density at radius 2 is 2.00 bits per heavy atom. The van der Waals surface area contributed by atoms with E-state index in [0.29, 0.717) is 5.56 Å². The summed E-state index contributed by atoms with van der Waals surface area (Å²) < 4.78 is 11.3. The molecule has 0 aliphatic rings. The minimum atomic E-state index is -1.91. The Labute approximate surface area is 129 Å². The molecule has 0 aliphatic heterocycles. The van der Waals surface area contributed by atoms with E-state index in [-0.39, 0.29) is 17.1 Å². The van der Waals surface area contributed by atoms with Crippen LogP contribution < -0.4 is 0 Å². The van der Waals surface area contributed by atoms with Gasteiger partial charge in [-0.1, -0.05) is 27.7 Å². The molecule has 0 unspecified atom stereocenters. The molecule has 0 radical (unpaired) electrons. The quantitative estimate of drug-likeness (QED) is 0.599. The zero-order valence-electron chi connectivity index (χ0n) is 14.2. The Hall–Kier alpha value is -1.20. The van der Waals surface area contributed by atoms with Gasteiger partial charge in [0.1, 0.15) is 0 Å². The van der Waals surface area contributed by atoms with E-state index < -0.39 is 8.32 Å². The first-order valence-electron chi connectivity index (χ1n) is 7.34. The molecule has 1 atom stereocenters. The summed E-state index contributed by atoms with van der Waals surface area (Å²) in [6, 6.07) is 1.85. The lowest BCUT2D eigenvalue weighted by Crippen LogP contribution is -2.42. The Morgan fingerprint density at radius 1 is 1.38 bits per heavy atom. The molecule has 1 heterocycles. The average molecular weight is 309 g/mol.